The average Bonchev–Trinajstić information content (AvgIpc) is 2.88. The maximum Gasteiger partial charge on any atom is 0.415 e. The Kier molecular flexibility index (Phi) is 3.52. The largest absolute Gasteiger partial charge is 0.415 e. The number of rotatable bonds is 3. The van der Waals surface area contributed by atoms with E-state index in [0.717, 1.165) is 21.8 Å². The normalized spacial score (nSPS) is 11.0. The van der Waals surface area contributed by atoms with E-state index in [-0.39, 0.29) is 6.09 Å². The van der Waals surface area contributed by atoms with E-state index in [0.29, 0.717) is 18.8 Å². The molecule has 0 spiro atoms. The second kappa shape index (κ2) is 5.48. The summed E-state index contributed by atoms with van der Waals surface area (Å²) >= 11 is 0. The molecular weight excluding hydrogens is 264 g/mol. The molecule has 3 rings (SSSR count). The Morgan fingerprint density at radius 3 is 2.52 bits per heavy atom. The van der Waals surface area contributed by atoms with Crippen molar-refractivity contribution in [2.24, 2.45) is 0 Å². The molecule has 21 heavy (non-hydrogen) atoms. The summed E-state index contributed by atoms with van der Waals surface area (Å²) in [7, 11) is 0. The summed E-state index contributed by atoms with van der Waals surface area (Å²) in [6.07, 6.45) is -0.308. The number of aromatic amines is 1. The van der Waals surface area contributed by atoms with Gasteiger partial charge >= 0.3 is 6.09 Å². The molecule has 0 bridgehead atoms. The highest BCUT2D eigenvalue weighted by Gasteiger charge is 2.15. The first-order valence-electron chi connectivity index (χ1n) is 7.20. The predicted molar refractivity (Wildman–Crippen MR) is 84.7 cm³/mol. The fourth-order valence-electron chi connectivity index (χ4n) is 2.59. The van der Waals surface area contributed by atoms with Crippen molar-refractivity contribution < 1.29 is 9.53 Å². The summed E-state index contributed by atoms with van der Waals surface area (Å²) in [5.41, 5.74) is 2.01. The lowest BCUT2D eigenvalue weighted by Crippen LogP contribution is -2.33. The zero-order valence-corrected chi connectivity index (χ0v) is 12.2. The van der Waals surface area contributed by atoms with Gasteiger partial charge in [-0.2, -0.15) is 0 Å². The van der Waals surface area contributed by atoms with Gasteiger partial charge in [0.2, 0.25) is 0 Å². The van der Waals surface area contributed by atoms with Crippen molar-refractivity contribution in [2.75, 3.05) is 13.1 Å². The monoisotopic (exact) mass is 282 g/mol. The molecule has 0 saturated heterocycles. The Bertz CT molecular complexity index is 788. The van der Waals surface area contributed by atoms with Crippen LogP contribution in [0.4, 0.5) is 4.79 Å². The minimum absolute atomic E-state index is 0.308. The fraction of sp³-hybridized carbons (Fsp3) is 0.235. The Hall–Kier alpha value is -2.49. The van der Waals surface area contributed by atoms with Gasteiger partial charge in [0.15, 0.2) is 0 Å². The van der Waals surface area contributed by atoms with Crippen LogP contribution in [0, 0.1) is 0 Å². The number of para-hydroxylation sites is 1. The molecule has 0 atom stereocenters. The standard InChI is InChI=1S/C17H18N2O2/c1-3-19(4-2)17(20)21-15-11-7-10-14-16(15)12-8-5-6-9-13(12)18-14/h5-11,18H,3-4H2,1-2H3. The van der Waals surface area contributed by atoms with Gasteiger partial charge in [0.1, 0.15) is 5.75 Å². The number of ether oxygens (including phenoxy) is 1. The average molecular weight is 282 g/mol. The van der Waals surface area contributed by atoms with E-state index in [4.69, 9.17) is 4.74 Å². The maximum atomic E-state index is 12.2. The van der Waals surface area contributed by atoms with Crippen molar-refractivity contribution in [2.45, 2.75) is 13.8 Å². The van der Waals surface area contributed by atoms with E-state index < -0.39 is 0 Å². The first-order chi connectivity index (χ1) is 10.2. The van der Waals surface area contributed by atoms with Crippen LogP contribution in [0.1, 0.15) is 13.8 Å². The Morgan fingerprint density at radius 2 is 1.76 bits per heavy atom. The summed E-state index contributed by atoms with van der Waals surface area (Å²) in [4.78, 5) is 17.2. The van der Waals surface area contributed by atoms with Crippen LogP contribution in [-0.2, 0) is 0 Å². The summed E-state index contributed by atoms with van der Waals surface area (Å²) < 4.78 is 5.61. The SMILES string of the molecule is CCN(CC)C(=O)Oc1cccc2[nH]c3ccccc3c12. The highest BCUT2D eigenvalue weighted by Crippen LogP contribution is 2.33. The number of fused-ring (bicyclic) bond motifs is 3. The van der Waals surface area contributed by atoms with Crippen molar-refractivity contribution in [1.82, 2.24) is 9.88 Å². The molecule has 0 aliphatic carbocycles. The van der Waals surface area contributed by atoms with Gasteiger partial charge in [0, 0.05) is 24.0 Å². The number of carbonyl (C=O) groups is 1. The van der Waals surface area contributed by atoms with Crippen LogP contribution in [0.15, 0.2) is 42.5 Å². The molecule has 108 valence electrons. The number of hydrogen-bond acceptors (Lipinski definition) is 2. The third-order valence-electron chi connectivity index (χ3n) is 3.71. The molecule has 1 N–H and O–H groups in total. The second-order valence-corrected chi connectivity index (χ2v) is 4.89. The van der Waals surface area contributed by atoms with Gasteiger partial charge in [0.05, 0.1) is 10.9 Å². The van der Waals surface area contributed by atoms with Crippen molar-refractivity contribution >= 4 is 27.9 Å². The van der Waals surface area contributed by atoms with Crippen molar-refractivity contribution in [3.8, 4) is 5.75 Å². The van der Waals surface area contributed by atoms with Crippen LogP contribution in [0.2, 0.25) is 0 Å². The molecule has 0 unspecified atom stereocenters. The van der Waals surface area contributed by atoms with E-state index >= 15 is 0 Å². The highest BCUT2D eigenvalue weighted by molar-refractivity contribution is 6.10. The van der Waals surface area contributed by atoms with E-state index in [1.165, 1.54) is 0 Å². The number of benzene rings is 2. The fourth-order valence-corrected chi connectivity index (χ4v) is 2.59. The Labute approximate surface area is 123 Å². The second-order valence-electron chi connectivity index (χ2n) is 4.89. The number of amides is 1. The van der Waals surface area contributed by atoms with Crippen LogP contribution >= 0.6 is 0 Å². The lowest BCUT2D eigenvalue weighted by Gasteiger charge is -2.18. The number of nitrogens with zero attached hydrogens (tertiary/aromatic N) is 1. The van der Waals surface area contributed by atoms with Crippen LogP contribution in [0.5, 0.6) is 5.75 Å². The smallest absolute Gasteiger partial charge is 0.409 e. The van der Waals surface area contributed by atoms with Crippen molar-refractivity contribution in [1.29, 1.82) is 0 Å². The first kappa shape index (κ1) is 13.5. The van der Waals surface area contributed by atoms with Crippen LogP contribution in [-0.4, -0.2) is 29.1 Å². The van der Waals surface area contributed by atoms with Crippen molar-refractivity contribution in [3.05, 3.63) is 42.5 Å². The molecule has 0 aliphatic rings. The lowest BCUT2D eigenvalue weighted by atomic mass is 10.1. The number of carbonyl (C=O) groups excluding carboxylic acids is 1. The molecule has 4 nitrogen and oxygen atoms in total. The molecule has 1 heterocycles. The summed E-state index contributed by atoms with van der Waals surface area (Å²) in [6.45, 7) is 5.16. The van der Waals surface area contributed by atoms with E-state index in [1.54, 1.807) is 4.90 Å². The van der Waals surface area contributed by atoms with Gasteiger partial charge in [-0.1, -0.05) is 24.3 Å². The Morgan fingerprint density at radius 1 is 1.05 bits per heavy atom. The van der Waals surface area contributed by atoms with Gasteiger partial charge in [0.25, 0.3) is 0 Å². The third kappa shape index (κ3) is 2.33. The molecule has 2 aromatic carbocycles. The van der Waals surface area contributed by atoms with Crippen LogP contribution < -0.4 is 4.74 Å². The highest BCUT2D eigenvalue weighted by atomic mass is 16.6. The van der Waals surface area contributed by atoms with E-state index in [9.17, 15) is 4.79 Å². The van der Waals surface area contributed by atoms with Gasteiger partial charge in [-0.15, -0.1) is 0 Å². The molecule has 0 aliphatic heterocycles. The molecule has 0 saturated carbocycles. The molecule has 0 fully saturated rings. The zero-order valence-electron chi connectivity index (χ0n) is 12.2. The quantitative estimate of drug-likeness (QED) is 0.784. The minimum Gasteiger partial charge on any atom is -0.409 e. The topological polar surface area (TPSA) is 45.3 Å². The molecule has 4 heteroatoms. The van der Waals surface area contributed by atoms with Crippen LogP contribution in [0.25, 0.3) is 21.8 Å². The molecule has 1 amide bonds. The summed E-state index contributed by atoms with van der Waals surface area (Å²) in [6, 6.07) is 13.7. The number of aromatic nitrogens is 1. The van der Waals surface area contributed by atoms with E-state index in [2.05, 4.69) is 4.98 Å². The number of H-pyrrole nitrogens is 1. The molecule has 0 radical (unpaired) electrons. The first-order valence-corrected chi connectivity index (χ1v) is 7.20. The third-order valence-corrected chi connectivity index (χ3v) is 3.71. The van der Waals surface area contributed by atoms with Gasteiger partial charge in [-0.05, 0) is 32.0 Å². The zero-order chi connectivity index (χ0) is 14.8. The maximum absolute atomic E-state index is 12.2. The summed E-state index contributed by atoms with van der Waals surface area (Å²) in [5.74, 6) is 0.599. The van der Waals surface area contributed by atoms with Gasteiger partial charge in [-0.3, -0.25) is 0 Å². The minimum atomic E-state index is -0.308. The summed E-state index contributed by atoms with van der Waals surface area (Å²) in [5, 5.41) is 2.02. The molecule has 1 aromatic heterocycles. The molecule has 3 aromatic rings. The number of hydrogen-bond donors (Lipinski definition) is 1. The van der Waals surface area contributed by atoms with Crippen molar-refractivity contribution in [3.63, 3.8) is 0 Å². The van der Waals surface area contributed by atoms with Gasteiger partial charge < -0.3 is 14.6 Å². The number of nitrogens with one attached hydrogen (secondary N) is 1. The predicted octanol–water partition coefficient (Wildman–Crippen LogP) is 4.16. The Balaban J connectivity index is 2.08. The lowest BCUT2D eigenvalue weighted by molar-refractivity contribution is 0.158. The van der Waals surface area contributed by atoms with Gasteiger partial charge in [-0.25, -0.2) is 4.79 Å². The van der Waals surface area contributed by atoms with E-state index in [1.807, 2.05) is 56.3 Å². The molecular formula is C17H18N2O2. The van der Waals surface area contributed by atoms with Crippen LogP contribution in [0.3, 0.4) is 0 Å².